The second-order valence-corrected chi connectivity index (χ2v) is 3.76. The smallest absolute Gasteiger partial charge is 0.323 e. The molecule has 0 unspecified atom stereocenters. The first kappa shape index (κ1) is 13.4. The van der Waals surface area contributed by atoms with E-state index in [-0.39, 0.29) is 17.5 Å². The Labute approximate surface area is 112 Å². The predicted octanol–water partition coefficient (Wildman–Crippen LogP) is 2.50. The van der Waals surface area contributed by atoms with Gasteiger partial charge in [-0.2, -0.15) is 10.2 Å². The van der Waals surface area contributed by atoms with E-state index in [0.29, 0.717) is 5.69 Å². The van der Waals surface area contributed by atoms with Crippen molar-refractivity contribution in [2.45, 2.75) is 6.92 Å². The number of halogens is 1. The standard InChI is InChI=1S/C12H7FN4O3/c1-7-4-9(6-14)16-12(15-7)20-11-3-2-8(13)5-10(11)17(18)19/h2-5H,1H3. The first-order chi connectivity index (χ1) is 9.49. The lowest BCUT2D eigenvalue weighted by atomic mass is 10.3. The third-order valence-electron chi connectivity index (χ3n) is 2.27. The number of nitrogens with zero attached hydrogens (tertiary/aromatic N) is 4. The van der Waals surface area contributed by atoms with Crippen molar-refractivity contribution >= 4 is 5.69 Å². The Morgan fingerprint density at radius 1 is 1.40 bits per heavy atom. The van der Waals surface area contributed by atoms with E-state index in [1.54, 1.807) is 6.92 Å². The number of hydrogen-bond acceptors (Lipinski definition) is 6. The van der Waals surface area contributed by atoms with Gasteiger partial charge in [0.25, 0.3) is 0 Å². The van der Waals surface area contributed by atoms with Crippen LogP contribution in [0.2, 0.25) is 0 Å². The van der Waals surface area contributed by atoms with E-state index in [9.17, 15) is 14.5 Å². The van der Waals surface area contributed by atoms with Gasteiger partial charge >= 0.3 is 11.7 Å². The molecule has 0 spiro atoms. The van der Waals surface area contributed by atoms with Gasteiger partial charge in [-0.3, -0.25) is 10.1 Å². The van der Waals surface area contributed by atoms with E-state index in [2.05, 4.69) is 9.97 Å². The Morgan fingerprint density at radius 3 is 2.80 bits per heavy atom. The summed E-state index contributed by atoms with van der Waals surface area (Å²) >= 11 is 0. The van der Waals surface area contributed by atoms with Crippen molar-refractivity contribution in [1.82, 2.24) is 9.97 Å². The zero-order valence-electron chi connectivity index (χ0n) is 10.2. The van der Waals surface area contributed by atoms with Gasteiger partial charge in [0.1, 0.15) is 17.6 Å². The summed E-state index contributed by atoms with van der Waals surface area (Å²) in [5.74, 6) is -0.960. The summed E-state index contributed by atoms with van der Waals surface area (Å²) in [6.07, 6.45) is 0. The van der Waals surface area contributed by atoms with Crippen molar-refractivity contribution in [3.63, 3.8) is 0 Å². The SMILES string of the molecule is Cc1cc(C#N)nc(Oc2ccc(F)cc2[N+](=O)[O-])n1. The van der Waals surface area contributed by atoms with Gasteiger partial charge < -0.3 is 4.74 Å². The Morgan fingerprint density at radius 2 is 2.15 bits per heavy atom. The summed E-state index contributed by atoms with van der Waals surface area (Å²) in [5, 5.41) is 19.6. The monoisotopic (exact) mass is 274 g/mol. The van der Waals surface area contributed by atoms with E-state index in [4.69, 9.17) is 10.00 Å². The van der Waals surface area contributed by atoms with Gasteiger partial charge in [-0.15, -0.1) is 0 Å². The van der Waals surface area contributed by atoms with Crippen molar-refractivity contribution < 1.29 is 14.1 Å². The highest BCUT2D eigenvalue weighted by molar-refractivity contribution is 5.47. The van der Waals surface area contributed by atoms with Gasteiger partial charge in [0.05, 0.1) is 11.0 Å². The fourth-order valence-electron chi connectivity index (χ4n) is 1.46. The molecule has 0 aliphatic heterocycles. The van der Waals surface area contributed by atoms with Crippen LogP contribution >= 0.6 is 0 Å². The summed E-state index contributed by atoms with van der Waals surface area (Å²) < 4.78 is 18.2. The molecule has 0 saturated carbocycles. The predicted molar refractivity (Wildman–Crippen MR) is 64.6 cm³/mol. The molecule has 1 heterocycles. The van der Waals surface area contributed by atoms with E-state index >= 15 is 0 Å². The van der Waals surface area contributed by atoms with Gasteiger partial charge in [-0.05, 0) is 25.1 Å². The normalized spacial score (nSPS) is 9.85. The number of ether oxygens (including phenoxy) is 1. The fraction of sp³-hybridized carbons (Fsp3) is 0.0833. The van der Waals surface area contributed by atoms with Crippen LogP contribution < -0.4 is 4.74 Å². The second-order valence-electron chi connectivity index (χ2n) is 3.76. The molecule has 0 amide bonds. The molecular formula is C12H7FN4O3. The molecule has 0 radical (unpaired) electrons. The van der Waals surface area contributed by atoms with E-state index in [1.807, 2.05) is 6.07 Å². The number of hydrogen-bond donors (Lipinski definition) is 0. The van der Waals surface area contributed by atoms with Crippen LogP contribution in [0.15, 0.2) is 24.3 Å². The van der Waals surface area contributed by atoms with Crippen LogP contribution in [-0.4, -0.2) is 14.9 Å². The van der Waals surface area contributed by atoms with Gasteiger partial charge in [-0.1, -0.05) is 0 Å². The molecule has 7 nitrogen and oxygen atoms in total. The lowest BCUT2D eigenvalue weighted by molar-refractivity contribution is -0.385. The summed E-state index contributed by atoms with van der Waals surface area (Å²) in [6, 6.07) is 5.89. The Bertz CT molecular complexity index is 727. The van der Waals surface area contributed by atoms with Gasteiger partial charge in [0.2, 0.25) is 5.75 Å². The lowest BCUT2D eigenvalue weighted by Gasteiger charge is -2.05. The largest absolute Gasteiger partial charge is 0.417 e. The zero-order chi connectivity index (χ0) is 14.7. The molecule has 1 aromatic heterocycles. The van der Waals surface area contributed by atoms with Crippen molar-refractivity contribution in [2.75, 3.05) is 0 Å². The molecule has 0 aliphatic carbocycles. The molecule has 0 saturated heterocycles. The number of benzene rings is 1. The van der Waals surface area contributed by atoms with Crippen LogP contribution in [0.1, 0.15) is 11.4 Å². The van der Waals surface area contributed by atoms with Gasteiger partial charge in [-0.25, -0.2) is 9.37 Å². The molecule has 0 N–H and O–H groups in total. The summed E-state index contributed by atoms with van der Waals surface area (Å²) in [7, 11) is 0. The maximum atomic E-state index is 13.0. The van der Waals surface area contributed by atoms with Gasteiger partial charge in [0.15, 0.2) is 0 Å². The third kappa shape index (κ3) is 2.84. The Hall–Kier alpha value is -3.08. The van der Waals surface area contributed by atoms with E-state index < -0.39 is 16.4 Å². The van der Waals surface area contributed by atoms with Crippen LogP contribution in [0, 0.1) is 34.2 Å². The molecule has 0 fully saturated rings. The summed E-state index contributed by atoms with van der Waals surface area (Å²) in [4.78, 5) is 17.7. The van der Waals surface area contributed by atoms with Crippen LogP contribution in [0.3, 0.4) is 0 Å². The fourth-order valence-corrected chi connectivity index (χ4v) is 1.46. The topological polar surface area (TPSA) is 102 Å². The number of nitriles is 1. The molecule has 8 heteroatoms. The lowest BCUT2D eigenvalue weighted by Crippen LogP contribution is -1.99. The first-order valence-corrected chi connectivity index (χ1v) is 5.37. The minimum atomic E-state index is -0.778. The van der Waals surface area contributed by atoms with E-state index in [0.717, 1.165) is 18.2 Å². The first-order valence-electron chi connectivity index (χ1n) is 5.37. The summed E-state index contributed by atoms with van der Waals surface area (Å²) in [6.45, 7) is 1.62. The number of rotatable bonds is 3. The summed E-state index contributed by atoms with van der Waals surface area (Å²) in [5.41, 5.74) is -0.0119. The Balaban J connectivity index is 2.42. The van der Waals surface area contributed by atoms with Crippen LogP contribution in [0.25, 0.3) is 0 Å². The average Bonchev–Trinajstić information content (AvgIpc) is 2.40. The molecule has 1 aromatic carbocycles. The van der Waals surface area contributed by atoms with Crippen molar-refractivity contribution in [1.29, 1.82) is 5.26 Å². The maximum absolute atomic E-state index is 13.0. The third-order valence-corrected chi connectivity index (χ3v) is 2.27. The quantitative estimate of drug-likeness (QED) is 0.629. The average molecular weight is 274 g/mol. The molecule has 20 heavy (non-hydrogen) atoms. The highest BCUT2D eigenvalue weighted by Gasteiger charge is 2.18. The Kier molecular flexibility index (Phi) is 3.52. The molecular weight excluding hydrogens is 267 g/mol. The maximum Gasteiger partial charge on any atom is 0.323 e. The number of aryl methyl sites for hydroxylation is 1. The molecule has 0 aliphatic rings. The van der Waals surface area contributed by atoms with Crippen molar-refractivity contribution in [3.05, 3.63) is 51.6 Å². The zero-order valence-corrected chi connectivity index (χ0v) is 10.2. The van der Waals surface area contributed by atoms with Crippen LogP contribution in [0.5, 0.6) is 11.8 Å². The van der Waals surface area contributed by atoms with Crippen LogP contribution in [0.4, 0.5) is 10.1 Å². The molecule has 0 bridgehead atoms. The van der Waals surface area contributed by atoms with Gasteiger partial charge in [0, 0.05) is 5.69 Å². The van der Waals surface area contributed by atoms with Crippen LogP contribution in [-0.2, 0) is 0 Å². The molecule has 2 rings (SSSR count). The minimum absolute atomic E-state index is 0.0669. The molecule has 0 atom stereocenters. The van der Waals surface area contributed by atoms with E-state index in [1.165, 1.54) is 6.07 Å². The highest BCUT2D eigenvalue weighted by Crippen LogP contribution is 2.30. The second kappa shape index (κ2) is 5.27. The number of aromatic nitrogens is 2. The van der Waals surface area contributed by atoms with Crippen molar-refractivity contribution in [2.24, 2.45) is 0 Å². The minimum Gasteiger partial charge on any atom is -0.417 e. The number of nitro benzene ring substituents is 1. The number of nitro groups is 1. The molecule has 100 valence electrons. The highest BCUT2D eigenvalue weighted by atomic mass is 19.1. The van der Waals surface area contributed by atoms with Crippen molar-refractivity contribution in [3.8, 4) is 17.8 Å². The molecule has 2 aromatic rings.